The van der Waals surface area contributed by atoms with Crippen LogP contribution in [0, 0.1) is 0 Å². The minimum Gasteiger partial charge on any atom is -0.444 e. The van der Waals surface area contributed by atoms with Crippen LogP contribution < -0.4 is 5.32 Å². The van der Waals surface area contributed by atoms with E-state index in [4.69, 9.17) is 14.2 Å². The highest BCUT2D eigenvalue weighted by atomic mass is 16.6. The number of hydrogen-bond acceptors (Lipinski definition) is 6. The van der Waals surface area contributed by atoms with Crippen molar-refractivity contribution in [1.82, 2.24) is 15.1 Å². The molecular formula is C24H39N3O4. The third-order valence-electron chi connectivity index (χ3n) is 5.59. The van der Waals surface area contributed by atoms with E-state index in [-0.39, 0.29) is 6.09 Å². The lowest BCUT2D eigenvalue weighted by Gasteiger charge is -2.35. The Labute approximate surface area is 187 Å². The van der Waals surface area contributed by atoms with Crippen LogP contribution in [0.1, 0.15) is 44.7 Å². The number of nitrogens with zero attached hydrogens (tertiary/aromatic N) is 2. The Bertz CT molecular complexity index is 660. The number of carbonyl (C=O) groups is 1. The van der Waals surface area contributed by atoms with Gasteiger partial charge < -0.3 is 24.4 Å². The molecule has 2 saturated heterocycles. The molecule has 1 N–H and O–H groups in total. The Morgan fingerprint density at radius 1 is 1.00 bits per heavy atom. The van der Waals surface area contributed by atoms with Crippen molar-refractivity contribution in [2.45, 2.75) is 58.5 Å². The lowest BCUT2D eigenvalue weighted by molar-refractivity contribution is -0.0109. The first-order valence-electron chi connectivity index (χ1n) is 11.6. The summed E-state index contributed by atoms with van der Waals surface area (Å²) >= 11 is 0. The highest BCUT2D eigenvalue weighted by Gasteiger charge is 2.25. The Hall–Kier alpha value is -1.67. The van der Waals surface area contributed by atoms with Crippen molar-refractivity contribution in [2.24, 2.45) is 0 Å². The summed E-state index contributed by atoms with van der Waals surface area (Å²) in [7, 11) is 0. The first-order valence-corrected chi connectivity index (χ1v) is 11.6. The summed E-state index contributed by atoms with van der Waals surface area (Å²) in [4.78, 5) is 16.4. The zero-order valence-electron chi connectivity index (χ0n) is 19.4. The summed E-state index contributed by atoms with van der Waals surface area (Å²) in [6, 6.07) is 8.62. The molecule has 7 nitrogen and oxygen atoms in total. The largest absolute Gasteiger partial charge is 0.444 e. The Morgan fingerprint density at radius 2 is 1.65 bits per heavy atom. The second kappa shape index (κ2) is 11.8. The summed E-state index contributed by atoms with van der Waals surface area (Å²) < 4.78 is 17.1. The molecule has 2 heterocycles. The van der Waals surface area contributed by atoms with Gasteiger partial charge in [0.25, 0.3) is 0 Å². The molecule has 2 aliphatic heterocycles. The molecule has 0 unspecified atom stereocenters. The van der Waals surface area contributed by atoms with Crippen molar-refractivity contribution in [3.63, 3.8) is 0 Å². The summed E-state index contributed by atoms with van der Waals surface area (Å²) in [6.07, 6.45) is 2.36. The maximum Gasteiger partial charge on any atom is 0.410 e. The highest BCUT2D eigenvalue weighted by molar-refractivity contribution is 5.68. The van der Waals surface area contributed by atoms with Crippen LogP contribution >= 0.6 is 0 Å². The van der Waals surface area contributed by atoms with Crippen molar-refractivity contribution >= 4 is 6.09 Å². The van der Waals surface area contributed by atoms with Gasteiger partial charge in [-0.3, -0.25) is 4.90 Å². The Kier molecular flexibility index (Phi) is 9.14. The standard InChI is InChI=1S/C24H39N3O4/c1-24(2,3)31-23(28)27-14-12-26(13-15-27)18-20-4-6-21(7-5-20)19-29-16-17-30-22-8-10-25-11-9-22/h4-7,22,25H,8-19H2,1-3H3. The fourth-order valence-electron chi connectivity index (χ4n) is 3.84. The van der Waals surface area contributed by atoms with Crippen LogP contribution in [0.5, 0.6) is 0 Å². The van der Waals surface area contributed by atoms with Gasteiger partial charge in [-0.05, 0) is 57.8 Å². The van der Waals surface area contributed by atoms with Gasteiger partial charge in [0.2, 0.25) is 0 Å². The number of hydrogen-bond donors (Lipinski definition) is 1. The third kappa shape index (κ3) is 8.77. The van der Waals surface area contributed by atoms with E-state index in [2.05, 4.69) is 34.5 Å². The van der Waals surface area contributed by atoms with E-state index < -0.39 is 5.60 Å². The summed E-state index contributed by atoms with van der Waals surface area (Å²) in [5, 5.41) is 3.35. The summed E-state index contributed by atoms with van der Waals surface area (Å²) in [5.74, 6) is 0. The van der Waals surface area contributed by atoms with E-state index >= 15 is 0 Å². The molecule has 1 aromatic rings. The van der Waals surface area contributed by atoms with E-state index in [1.54, 1.807) is 4.90 Å². The van der Waals surface area contributed by atoms with Crippen molar-refractivity contribution in [3.05, 3.63) is 35.4 Å². The quantitative estimate of drug-likeness (QED) is 0.636. The minimum atomic E-state index is -0.445. The molecule has 31 heavy (non-hydrogen) atoms. The van der Waals surface area contributed by atoms with Crippen LogP contribution in [-0.2, 0) is 27.4 Å². The van der Waals surface area contributed by atoms with Crippen LogP contribution in [0.3, 0.4) is 0 Å². The van der Waals surface area contributed by atoms with Gasteiger partial charge in [-0.15, -0.1) is 0 Å². The SMILES string of the molecule is CC(C)(C)OC(=O)N1CCN(Cc2ccc(COCCOC3CCNCC3)cc2)CC1. The number of ether oxygens (including phenoxy) is 3. The molecular weight excluding hydrogens is 394 g/mol. The van der Waals surface area contributed by atoms with Crippen LogP contribution in [-0.4, -0.2) is 80.1 Å². The van der Waals surface area contributed by atoms with Crippen molar-refractivity contribution in [3.8, 4) is 0 Å². The van der Waals surface area contributed by atoms with Crippen molar-refractivity contribution < 1.29 is 19.0 Å². The predicted molar refractivity (Wildman–Crippen MR) is 121 cm³/mol. The lowest BCUT2D eigenvalue weighted by Crippen LogP contribution is -2.49. The average molecular weight is 434 g/mol. The molecule has 2 aliphatic rings. The third-order valence-corrected chi connectivity index (χ3v) is 5.59. The first-order chi connectivity index (χ1) is 14.9. The molecule has 0 radical (unpaired) electrons. The number of nitrogens with one attached hydrogen (secondary N) is 1. The Balaban J connectivity index is 1.30. The molecule has 0 aliphatic carbocycles. The smallest absolute Gasteiger partial charge is 0.410 e. The van der Waals surface area contributed by atoms with Crippen LogP contribution in [0.4, 0.5) is 4.79 Å². The van der Waals surface area contributed by atoms with Crippen LogP contribution in [0.2, 0.25) is 0 Å². The lowest BCUT2D eigenvalue weighted by atomic mass is 10.1. The van der Waals surface area contributed by atoms with Gasteiger partial charge in [0.15, 0.2) is 0 Å². The monoisotopic (exact) mass is 433 g/mol. The van der Waals surface area contributed by atoms with Gasteiger partial charge in [0.05, 0.1) is 25.9 Å². The molecule has 1 aromatic carbocycles. The molecule has 0 bridgehead atoms. The van der Waals surface area contributed by atoms with Gasteiger partial charge in [0, 0.05) is 32.7 Å². The molecule has 0 spiro atoms. The van der Waals surface area contributed by atoms with E-state index in [9.17, 15) is 4.79 Å². The zero-order chi connectivity index (χ0) is 22.1. The zero-order valence-corrected chi connectivity index (χ0v) is 19.4. The van der Waals surface area contributed by atoms with Crippen LogP contribution in [0.25, 0.3) is 0 Å². The van der Waals surface area contributed by atoms with E-state index in [0.29, 0.717) is 39.0 Å². The normalized spacial score (nSPS) is 18.9. The molecule has 0 atom stereocenters. The summed E-state index contributed by atoms with van der Waals surface area (Å²) in [6.45, 7) is 13.8. The van der Waals surface area contributed by atoms with Gasteiger partial charge in [-0.2, -0.15) is 0 Å². The second-order valence-electron chi connectivity index (χ2n) is 9.43. The first kappa shape index (κ1) is 24.0. The van der Waals surface area contributed by atoms with Gasteiger partial charge in [-0.1, -0.05) is 24.3 Å². The minimum absolute atomic E-state index is 0.211. The molecule has 0 saturated carbocycles. The van der Waals surface area contributed by atoms with Gasteiger partial charge in [-0.25, -0.2) is 4.79 Å². The molecule has 7 heteroatoms. The fourth-order valence-corrected chi connectivity index (χ4v) is 3.84. The Morgan fingerprint density at radius 3 is 2.29 bits per heavy atom. The maximum atomic E-state index is 12.2. The molecule has 0 aromatic heterocycles. The number of piperidine rings is 1. The van der Waals surface area contributed by atoms with Gasteiger partial charge >= 0.3 is 6.09 Å². The van der Waals surface area contributed by atoms with Gasteiger partial charge in [0.1, 0.15) is 5.60 Å². The second-order valence-corrected chi connectivity index (χ2v) is 9.43. The van der Waals surface area contributed by atoms with Crippen LogP contribution in [0.15, 0.2) is 24.3 Å². The molecule has 1 amide bonds. The molecule has 174 valence electrons. The predicted octanol–water partition coefficient (Wildman–Crippen LogP) is 3.02. The topological polar surface area (TPSA) is 63.3 Å². The number of piperazine rings is 1. The van der Waals surface area contributed by atoms with Crippen molar-refractivity contribution in [2.75, 3.05) is 52.5 Å². The number of rotatable bonds is 8. The van der Waals surface area contributed by atoms with E-state index in [0.717, 1.165) is 45.6 Å². The fraction of sp³-hybridized carbons (Fsp3) is 0.708. The van der Waals surface area contributed by atoms with E-state index in [1.807, 2.05) is 20.8 Å². The van der Waals surface area contributed by atoms with E-state index in [1.165, 1.54) is 11.1 Å². The number of benzene rings is 1. The number of carbonyl (C=O) groups excluding carboxylic acids is 1. The molecule has 3 rings (SSSR count). The average Bonchev–Trinajstić information content (AvgIpc) is 2.75. The number of amides is 1. The highest BCUT2D eigenvalue weighted by Crippen LogP contribution is 2.14. The van der Waals surface area contributed by atoms with Crippen molar-refractivity contribution in [1.29, 1.82) is 0 Å². The summed E-state index contributed by atoms with van der Waals surface area (Å²) in [5.41, 5.74) is 2.02. The molecule has 2 fully saturated rings. The maximum absolute atomic E-state index is 12.2.